The van der Waals surface area contributed by atoms with Crippen LogP contribution in [-0.4, -0.2) is 17.4 Å². The van der Waals surface area contributed by atoms with Crippen molar-refractivity contribution in [1.29, 1.82) is 0 Å². The molecule has 2 atom stereocenters. The van der Waals surface area contributed by atoms with Crippen molar-refractivity contribution in [3.05, 3.63) is 58.6 Å². The molecule has 22 heavy (non-hydrogen) atoms. The van der Waals surface area contributed by atoms with Gasteiger partial charge in [0.1, 0.15) is 0 Å². The number of ether oxygens (including phenoxy) is 1. The summed E-state index contributed by atoms with van der Waals surface area (Å²) in [5.74, 6) is 0. The van der Waals surface area contributed by atoms with Gasteiger partial charge in [0, 0.05) is 17.7 Å². The number of fused-ring (bicyclic) bond motifs is 3. The van der Waals surface area contributed by atoms with Crippen molar-refractivity contribution in [2.45, 2.75) is 24.3 Å². The number of nitrogens with zero attached hydrogens (tertiary/aromatic N) is 1. The predicted molar refractivity (Wildman–Crippen MR) is 93.8 cm³/mol. The Morgan fingerprint density at radius 3 is 2.82 bits per heavy atom. The van der Waals surface area contributed by atoms with Crippen LogP contribution < -0.4 is 0 Å². The second kappa shape index (κ2) is 5.12. The van der Waals surface area contributed by atoms with E-state index >= 15 is 0 Å². The average Bonchev–Trinajstić information content (AvgIpc) is 2.97. The molecule has 1 aliphatic heterocycles. The standard InChI is InChI=1S/C18H16ClNOS/c1-11-20-18(21-2)16-7-6-13(8-14(16)10-17(18)22-11)12-4-3-5-15(19)9-12/h3-9,17H,10H2,1-2H3. The van der Waals surface area contributed by atoms with Gasteiger partial charge in [-0.3, -0.25) is 0 Å². The summed E-state index contributed by atoms with van der Waals surface area (Å²) in [6.45, 7) is 2.06. The van der Waals surface area contributed by atoms with E-state index in [0.717, 1.165) is 22.1 Å². The lowest BCUT2D eigenvalue weighted by molar-refractivity contribution is 0.00260. The molecule has 0 N–H and O–H groups in total. The van der Waals surface area contributed by atoms with Gasteiger partial charge >= 0.3 is 0 Å². The average molecular weight is 330 g/mol. The van der Waals surface area contributed by atoms with Crippen LogP contribution in [0.25, 0.3) is 11.1 Å². The van der Waals surface area contributed by atoms with Gasteiger partial charge in [-0.05, 0) is 42.2 Å². The van der Waals surface area contributed by atoms with Gasteiger partial charge < -0.3 is 4.74 Å². The lowest BCUT2D eigenvalue weighted by atomic mass is 9.98. The molecular formula is C18H16ClNOS. The van der Waals surface area contributed by atoms with E-state index in [1.54, 1.807) is 7.11 Å². The zero-order chi connectivity index (χ0) is 15.3. The minimum Gasteiger partial charge on any atom is -0.352 e. The van der Waals surface area contributed by atoms with Crippen molar-refractivity contribution in [3.8, 4) is 11.1 Å². The molecule has 1 aliphatic carbocycles. The van der Waals surface area contributed by atoms with Crippen molar-refractivity contribution in [3.63, 3.8) is 0 Å². The summed E-state index contributed by atoms with van der Waals surface area (Å²) in [5.41, 5.74) is 4.38. The highest BCUT2D eigenvalue weighted by atomic mass is 35.5. The maximum Gasteiger partial charge on any atom is 0.198 e. The van der Waals surface area contributed by atoms with Gasteiger partial charge in [0.15, 0.2) is 5.72 Å². The van der Waals surface area contributed by atoms with Gasteiger partial charge in [-0.25, -0.2) is 4.99 Å². The van der Waals surface area contributed by atoms with Gasteiger partial charge in [-0.2, -0.15) is 0 Å². The van der Waals surface area contributed by atoms with Crippen LogP contribution in [0.3, 0.4) is 0 Å². The van der Waals surface area contributed by atoms with Crippen LogP contribution in [0, 0.1) is 0 Å². The van der Waals surface area contributed by atoms with Crippen LogP contribution in [0.4, 0.5) is 0 Å². The zero-order valence-electron chi connectivity index (χ0n) is 12.5. The summed E-state index contributed by atoms with van der Waals surface area (Å²) >= 11 is 7.93. The van der Waals surface area contributed by atoms with E-state index in [1.807, 2.05) is 30.0 Å². The van der Waals surface area contributed by atoms with E-state index in [9.17, 15) is 0 Å². The molecule has 0 amide bonds. The maximum atomic E-state index is 6.11. The van der Waals surface area contributed by atoms with E-state index in [-0.39, 0.29) is 0 Å². The van der Waals surface area contributed by atoms with Crippen molar-refractivity contribution in [2.75, 3.05) is 7.11 Å². The largest absolute Gasteiger partial charge is 0.352 e. The third-order valence-electron chi connectivity index (χ3n) is 4.44. The van der Waals surface area contributed by atoms with E-state index in [1.165, 1.54) is 16.7 Å². The fourth-order valence-corrected chi connectivity index (χ4v) is 4.97. The van der Waals surface area contributed by atoms with Crippen molar-refractivity contribution < 1.29 is 4.74 Å². The van der Waals surface area contributed by atoms with Gasteiger partial charge in [0.2, 0.25) is 0 Å². The molecule has 2 aliphatic rings. The number of thioether (sulfide) groups is 1. The molecule has 0 bridgehead atoms. The minimum atomic E-state index is -0.489. The molecule has 0 saturated carbocycles. The number of methoxy groups -OCH3 is 1. The molecule has 2 unspecified atom stereocenters. The third kappa shape index (κ3) is 2.03. The molecule has 0 saturated heterocycles. The van der Waals surface area contributed by atoms with Crippen molar-refractivity contribution in [2.24, 2.45) is 4.99 Å². The van der Waals surface area contributed by atoms with Gasteiger partial charge in [-0.15, -0.1) is 11.8 Å². The Bertz CT molecular complexity index is 788. The van der Waals surface area contributed by atoms with Crippen LogP contribution in [0.5, 0.6) is 0 Å². The Kier molecular flexibility index (Phi) is 3.33. The van der Waals surface area contributed by atoms with E-state index < -0.39 is 5.72 Å². The molecular weight excluding hydrogens is 314 g/mol. The molecule has 2 aromatic rings. The Morgan fingerprint density at radius 2 is 2.05 bits per heavy atom. The molecule has 2 aromatic carbocycles. The number of halogens is 1. The summed E-state index contributed by atoms with van der Waals surface area (Å²) in [6, 6.07) is 14.5. The lowest BCUT2D eigenvalue weighted by Gasteiger charge is -2.25. The molecule has 1 heterocycles. The molecule has 0 aromatic heterocycles. The Morgan fingerprint density at radius 1 is 1.23 bits per heavy atom. The minimum absolute atomic E-state index is 0.349. The fourth-order valence-electron chi connectivity index (χ4n) is 3.48. The van der Waals surface area contributed by atoms with Crippen LogP contribution in [0.2, 0.25) is 5.02 Å². The Balaban J connectivity index is 1.81. The Labute approximate surface area is 139 Å². The monoisotopic (exact) mass is 329 g/mol. The first-order chi connectivity index (χ1) is 10.6. The summed E-state index contributed by atoms with van der Waals surface area (Å²) in [5, 5.41) is 2.22. The number of aliphatic imine (C=N–C) groups is 1. The van der Waals surface area contributed by atoms with Crippen LogP contribution in [0.15, 0.2) is 47.5 Å². The van der Waals surface area contributed by atoms with Gasteiger partial charge in [0.25, 0.3) is 0 Å². The first kappa shape index (κ1) is 14.3. The molecule has 0 radical (unpaired) electrons. The number of hydrogen-bond donors (Lipinski definition) is 0. The number of hydrogen-bond acceptors (Lipinski definition) is 3. The quantitative estimate of drug-likeness (QED) is 0.782. The molecule has 0 spiro atoms. The van der Waals surface area contributed by atoms with E-state index in [4.69, 9.17) is 21.3 Å². The van der Waals surface area contributed by atoms with Crippen LogP contribution in [0.1, 0.15) is 18.1 Å². The fraction of sp³-hybridized carbons (Fsp3) is 0.278. The number of benzene rings is 2. The van der Waals surface area contributed by atoms with Crippen molar-refractivity contribution in [1.82, 2.24) is 0 Å². The maximum absolute atomic E-state index is 6.11. The number of rotatable bonds is 2. The molecule has 4 rings (SSSR count). The van der Waals surface area contributed by atoms with E-state index in [0.29, 0.717) is 5.25 Å². The second-order valence-corrected chi connectivity index (χ2v) is 7.56. The summed E-state index contributed by atoms with van der Waals surface area (Å²) < 4.78 is 5.85. The highest BCUT2D eigenvalue weighted by Gasteiger charge is 2.51. The first-order valence-electron chi connectivity index (χ1n) is 7.30. The second-order valence-electron chi connectivity index (χ2n) is 5.72. The molecule has 2 nitrogen and oxygen atoms in total. The topological polar surface area (TPSA) is 21.6 Å². The Hall–Kier alpha value is -1.29. The van der Waals surface area contributed by atoms with Crippen LogP contribution >= 0.6 is 23.4 Å². The van der Waals surface area contributed by atoms with Gasteiger partial charge in [-0.1, -0.05) is 41.9 Å². The summed E-state index contributed by atoms with van der Waals surface area (Å²) in [7, 11) is 1.76. The normalized spacial score (nSPS) is 25.8. The third-order valence-corrected chi connectivity index (χ3v) is 5.88. The predicted octanol–water partition coefficient (Wildman–Crippen LogP) is 4.90. The molecule has 112 valence electrons. The SMILES string of the molecule is COC12N=C(C)SC1Cc1cc(-c3cccc(Cl)c3)ccc12. The summed E-state index contributed by atoms with van der Waals surface area (Å²) in [4.78, 5) is 4.79. The lowest BCUT2D eigenvalue weighted by Crippen LogP contribution is -2.30. The first-order valence-corrected chi connectivity index (χ1v) is 8.56. The highest BCUT2D eigenvalue weighted by molar-refractivity contribution is 8.14. The molecule has 4 heteroatoms. The molecule has 0 fully saturated rings. The highest BCUT2D eigenvalue weighted by Crippen LogP contribution is 2.51. The van der Waals surface area contributed by atoms with E-state index in [2.05, 4.69) is 31.2 Å². The summed E-state index contributed by atoms with van der Waals surface area (Å²) in [6.07, 6.45) is 0.989. The van der Waals surface area contributed by atoms with Gasteiger partial charge in [0.05, 0.1) is 10.3 Å². The smallest absolute Gasteiger partial charge is 0.198 e. The zero-order valence-corrected chi connectivity index (χ0v) is 14.0. The van der Waals surface area contributed by atoms with Crippen molar-refractivity contribution >= 4 is 28.4 Å². The van der Waals surface area contributed by atoms with Crippen LogP contribution in [-0.2, 0) is 16.9 Å².